The maximum Gasteiger partial charge on any atom is 0.267 e. The lowest BCUT2D eigenvalue weighted by molar-refractivity contribution is 0.0912. The van der Waals surface area contributed by atoms with E-state index in [9.17, 15) is 9.90 Å². The Morgan fingerprint density at radius 2 is 2.44 bits per heavy atom. The lowest BCUT2D eigenvalue weighted by atomic mass is 10.2. The highest BCUT2D eigenvalue weighted by atomic mass is 32.1. The molecule has 0 saturated heterocycles. The van der Waals surface area contributed by atoms with Crippen molar-refractivity contribution in [1.82, 2.24) is 10.3 Å². The predicted molar refractivity (Wildman–Crippen MR) is 62.4 cm³/mol. The Morgan fingerprint density at radius 1 is 1.56 bits per heavy atom. The maximum atomic E-state index is 11.5. The average Bonchev–Trinajstić information content (AvgIpc) is 2.95. The summed E-state index contributed by atoms with van der Waals surface area (Å²) in [6.45, 7) is 0.217. The van der Waals surface area contributed by atoms with Crippen LogP contribution in [0.15, 0.2) is 35.2 Å². The second kappa shape index (κ2) is 4.96. The van der Waals surface area contributed by atoms with Gasteiger partial charge in [0.2, 0.25) is 0 Å². The van der Waals surface area contributed by atoms with Gasteiger partial charge in [-0.05, 0) is 34.5 Å². The molecule has 2 rings (SSSR count). The molecule has 84 valence electrons. The number of aromatic nitrogens is 1. The van der Waals surface area contributed by atoms with Gasteiger partial charge in [-0.25, -0.2) is 0 Å². The monoisotopic (exact) mass is 236 g/mol. The number of carbonyl (C=O) groups excluding carboxylic acids is 1. The highest BCUT2D eigenvalue weighted by molar-refractivity contribution is 7.07. The number of carbonyl (C=O) groups is 1. The molecule has 16 heavy (non-hydrogen) atoms. The first-order valence-electron chi connectivity index (χ1n) is 4.89. The van der Waals surface area contributed by atoms with Crippen molar-refractivity contribution < 1.29 is 9.90 Å². The number of aliphatic hydroxyl groups excluding tert-OH is 1. The summed E-state index contributed by atoms with van der Waals surface area (Å²) in [4.78, 5) is 14.3. The molecule has 0 radical (unpaired) electrons. The third kappa shape index (κ3) is 2.50. The van der Waals surface area contributed by atoms with Crippen LogP contribution in [0.2, 0.25) is 0 Å². The lowest BCUT2D eigenvalue weighted by Crippen LogP contribution is -2.28. The van der Waals surface area contributed by atoms with Crippen LogP contribution in [0.3, 0.4) is 0 Å². The lowest BCUT2D eigenvalue weighted by Gasteiger charge is -2.09. The van der Waals surface area contributed by atoms with Gasteiger partial charge in [0.1, 0.15) is 5.69 Å². The number of rotatable bonds is 4. The van der Waals surface area contributed by atoms with Crippen molar-refractivity contribution in [2.75, 3.05) is 6.54 Å². The first-order chi connectivity index (χ1) is 7.77. The molecule has 0 spiro atoms. The van der Waals surface area contributed by atoms with Crippen LogP contribution in [0.5, 0.6) is 0 Å². The van der Waals surface area contributed by atoms with Gasteiger partial charge in [-0.15, -0.1) is 0 Å². The molecule has 1 unspecified atom stereocenters. The van der Waals surface area contributed by atoms with Crippen LogP contribution in [0.25, 0.3) is 0 Å². The summed E-state index contributed by atoms with van der Waals surface area (Å²) >= 11 is 1.52. The van der Waals surface area contributed by atoms with Crippen LogP contribution >= 0.6 is 11.3 Å². The molecular weight excluding hydrogens is 224 g/mol. The zero-order chi connectivity index (χ0) is 11.4. The van der Waals surface area contributed by atoms with Gasteiger partial charge in [-0.3, -0.25) is 4.79 Å². The Labute approximate surface area is 96.9 Å². The quantitative estimate of drug-likeness (QED) is 0.754. The molecule has 1 atom stereocenters. The summed E-state index contributed by atoms with van der Waals surface area (Å²) in [5.74, 6) is -0.209. The maximum absolute atomic E-state index is 11.5. The molecule has 2 heterocycles. The number of thiophene rings is 1. The van der Waals surface area contributed by atoms with Gasteiger partial charge in [-0.1, -0.05) is 0 Å². The van der Waals surface area contributed by atoms with Crippen molar-refractivity contribution in [3.8, 4) is 0 Å². The van der Waals surface area contributed by atoms with Crippen molar-refractivity contribution in [3.63, 3.8) is 0 Å². The standard InChI is InChI=1S/C11H12N2O2S/c14-10(8-3-5-16-7-8)6-13-11(15)9-2-1-4-12-9/h1-5,7,10,12,14H,6H2,(H,13,15). The number of nitrogens with one attached hydrogen (secondary N) is 2. The smallest absolute Gasteiger partial charge is 0.267 e. The van der Waals surface area contributed by atoms with Crippen LogP contribution in [-0.2, 0) is 0 Å². The summed E-state index contributed by atoms with van der Waals surface area (Å²) in [6, 6.07) is 5.28. The third-order valence-electron chi connectivity index (χ3n) is 2.23. The second-order valence-corrected chi connectivity index (χ2v) is 4.15. The molecule has 1 amide bonds. The van der Waals surface area contributed by atoms with Gasteiger partial charge in [0, 0.05) is 12.7 Å². The number of aliphatic hydroxyl groups is 1. The number of hydrogen-bond acceptors (Lipinski definition) is 3. The van der Waals surface area contributed by atoms with Gasteiger partial charge < -0.3 is 15.4 Å². The van der Waals surface area contributed by atoms with Gasteiger partial charge in [0.05, 0.1) is 6.10 Å². The van der Waals surface area contributed by atoms with Gasteiger partial charge in [0.25, 0.3) is 5.91 Å². The Kier molecular flexibility index (Phi) is 3.38. The fourth-order valence-electron chi connectivity index (χ4n) is 1.34. The van der Waals surface area contributed by atoms with E-state index in [4.69, 9.17) is 0 Å². The summed E-state index contributed by atoms with van der Waals surface area (Å²) in [5, 5.41) is 16.2. The second-order valence-electron chi connectivity index (χ2n) is 3.37. The zero-order valence-corrected chi connectivity index (χ0v) is 9.33. The number of H-pyrrole nitrogens is 1. The van der Waals surface area contributed by atoms with Crippen LogP contribution in [0.4, 0.5) is 0 Å². The van der Waals surface area contributed by atoms with Crippen LogP contribution in [-0.4, -0.2) is 22.5 Å². The predicted octanol–water partition coefficient (Wildman–Crippen LogP) is 1.54. The van der Waals surface area contributed by atoms with E-state index in [2.05, 4.69) is 10.3 Å². The van der Waals surface area contributed by atoms with Crippen LogP contribution in [0.1, 0.15) is 22.2 Å². The van der Waals surface area contributed by atoms with E-state index < -0.39 is 6.10 Å². The van der Waals surface area contributed by atoms with Crippen molar-refractivity contribution >= 4 is 17.2 Å². The van der Waals surface area contributed by atoms with E-state index >= 15 is 0 Å². The Hall–Kier alpha value is -1.59. The summed E-state index contributed by atoms with van der Waals surface area (Å²) in [5.41, 5.74) is 1.33. The zero-order valence-electron chi connectivity index (χ0n) is 8.51. The average molecular weight is 236 g/mol. The Bertz CT molecular complexity index is 437. The molecule has 0 bridgehead atoms. The highest BCUT2D eigenvalue weighted by Gasteiger charge is 2.11. The molecule has 2 aromatic rings. The minimum Gasteiger partial charge on any atom is -0.387 e. The van der Waals surface area contributed by atoms with Gasteiger partial charge in [-0.2, -0.15) is 11.3 Å². The molecule has 0 aliphatic carbocycles. The minimum atomic E-state index is -0.648. The van der Waals surface area contributed by atoms with Crippen molar-refractivity contribution in [1.29, 1.82) is 0 Å². The van der Waals surface area contributed by atoms with Crippen LogP contribution in [0, 0.1) is 0 Å². The molecule has 0 aliphatic rings. The van der Waals surface area contributed by atoms with E-state index in [0.29, 0.717) is 5.69 Å². The molecule has 0 aromatic carbocycles. The molecule has 0 aliphatic heterocycles. The Balaban J connectivity index is 1.86. The van der Waals surface area contributed by atoms with E-state index in [1.807, 2.05) is 16.8 Å². The first-order valence-corrected chi connectivity index (χ1v) is 5.83. The largest absolute Gasteiger partial charge is 0.387 e. The third-order valence-corrected chi connectivity index (χ3v) is 2.93. The van der Waals surface area contributed by atoms with Crippen LogP contribution < -0.4 is 5.32 Å². The number of amides is 1. The summed E-state index contributed by atoms with van der Waals surface area (Å²) in [7, 11) is 0. The molecule has 0 saturated carbocycles. The van der Waals surface area contributed by atoms with Gasteiger partial charge >= 0.3 is 0 Å². The Morgan fingerprint density at radius 3 is 3.06 bits per heavy atom. The van der Waals surface area contributed by atoms with Gasteiger partial charge in [0.15, 0.2) is 0 Å². The topological polar surface area (TPSA) is 65.1 Å². The molecule has 4 nitrogen and oxygen atoms in total. The number of aromatic amines is 1. The molecule has 3 N–H and O–H groups in total. The molecule has 5 heteroatoms. The highest BCUT2D eigenvalue weighted by Crippen LogP contribution is 2.15. The first kappa shape index (κ1) is 10.9. The SMILES string of the molecule is O=C(NCC(O)c1ccsc1)c1ccc[nH]1. The van der Waals surface area contributed by atoms with E-state index in [1.54, 1.807) is 18.3 Å². The molecule has 2 aromatic heterocycles. The molecular formula is C11H12N2O2S. The van der Waals surface area contributed by atoms with E-state index in [0.717, 1.165) is 5.56 Å². The van der Waals surface area contributed by atoms with Crippen molar-refractivity contribution in [2.24, 2.45) is 0 Å². The van der Waals surface area contributed by atoms with E-state index in [1.165, 1.54) is 11.3 Å². The normalized spacial score (nSPS) is 12.3. The fourth-order valence-corrected chi connectivity index (χ4v) is 2.05. The molecule has 0 fully saturated rings. The summed E-state index contributed by atoms with van der Waals surface area (Å²) < 4.78 is 0. The van der Waals surface area contributed by atoms with Crippen molar-refractivity contribution in [3.05, 3.63) is 46.4 Å². The van der Waals surface area contributed by atoms with E-state index in [-0.39, 0.29) is 12.5 Å². The summed E-state index contributed by atoms with van der Waals surface area (Å²) in [6.07, 6.45) is 1.04. The number of hydrogen-bond donors (Lipinski definition) is 3. The fraction of sp³-hybridized carbons (Fsp3) is 0.182. The minimum absolute atomic E-state index is 0.209. The van der Waals surface area contributed by atoms with Crippen molar-refractivity contribution in [2.45, 2.75) is 6.10 Å².